The molecule has 0 atom stereocenters. The molecule has 1 N–H and O–H groups in total. The van der Waals surface area contributed by atoms with Gasteiger partial charge in [-0.1, -0.05) is 31.2 Å². The van der Waals surface area contributed by atoms with Crippen LogP contribution < -0.4 is 14.8 Å². The van der Waals surface area contributed by atoms with Crippen LogP contribution in [0.15, 0.2) is 48.5 Å². The first-order valence-electron chi connectivity index (χ1n) is 8.09. The normalized spacial score (nSPS) is 10.6. The van der Waals surface area contributed by atoms with Crippen molar-refractivity contribution in [1.29, 1.82) is 0 Å². The second kappa shape index (κ2) is 9.61. The lowest BCUT2D eigenvalue weighted by Gasteiger charge is -2.09. The van der Waals surface area contributed by atoms with Crippen molar-refractivity contribution in [2.75, 3.05) is 13.2 Å². The Labute approximate surface area is 145 Å². The molecule has 2 aromatic rings. The highest BCUT2D eigenvalue weighted by Gasteiger charge is 2.05. The summed E-state index contributed by atoms with van der Waals surface area (Å²) in [5.41, 5.74) is 2.12. The van der Waals surface area contributed by atoms with Gasteiger partial charge in [-0.05, 0) is 48.2 Å². The third-order valence-electron chi connectivity index (χ3n) is 3.59. The quantitative estimate of drug-likeness (QED) is 0.753. The Kier molecular flexibility index (Phi) is 7.19. The van der Waals surface area contributed by atoms with Crippen molar-refractivity contribution in [1.82, 2.24) is 5.32 Å². The van der Waals surface area contributed by atoms with E-state index in [-0.39, 0.29) is 18.3 Å². The van der Waals surface area contributed by atoms with E-state index in [9.17, 15) is 13.6 Å². The lowest BCUT2D eigenvalue weighted by molar-refractivity contribution is -0.123. The Morgan fingerprint density at radius 3 is 2.20 bits per heavy atom. The molecule has 0 aliphatic rings. The highest BCUT2D eigenvalue weighted by molar-refractivity contribution is 5.77. The molecule has 0 saturated heterocycles. The van der Waals surface area contributed by atoms with Crippen LogP contribution in [0.1, 0.15) is 18.1 Å². The fraction of sp³-hybridized carbons (Fsp3) is 0.316. The van der Waals surface area contributed by atoms with Crippen molar-refractivity contribution in [3.8, 4) is 11.5 Å². The van der Waals surface area contributed by atoms with Crippen molar-refractivity contribution < 1.29 is 23.0 Å². The molecule has 0 heterocycles. The average molecular weight is 349 g/mol. The molecule has 0 bridgehead atoms. The van der Waals surface area contributed by atoms with Crippen molar-refractivity contribution in [3.05, 3.63) is 59.7 Å². The molecule has 134 valence electrons. The maximum atomic E-state index is 12.1. The molecule has 0 radical (unpaired) electrons. The van der Waals surface area contributed by atoms with E-state index in [1.54, 1.807) is 12.1 Å². The van der Waals surface area contributed by atoms with Crippen LogP contribution in [-0.2, 0) is 17.6 Å². The summed E-state index contributed by atoms with van der Waals surface area (Å²) in [6.45, 7) is -0.371. The summed E-state index contributed by atoms with van der Waals surface area (Å²) in [6, 6.07) is 14.0. The molecular formula is C19H21F2NO3. The number of amides is 1. The van der Waals surface area contributed by atoms with Crippen LogP contribution in [0.25, 0.3) is 0 Å². The minimum absolute atomic E-state index is 0.0490. The van der Waals surface area contributed by atoms with Crippen LogP contribution in [0.2, 0.25) is 0 Å². The molecule has 6 heteroatoms. The van der Waals surface area contributed by atoms with Crippen LogP contribution >= 0.6 is 0 Å². The third kappa shape index (κ3) is 6.79. The number of hydrogen-bond donors (Lipinski definition) is 1. The minimum atomic E-state index is -2.83. The summed E-state index contributed by atoms with van der Waals surface area (Å²) < 4.78 is 33.8. The molecule has 4 nitrogen and oxygen atoms in total. The number of halogens is 2. The number of carbonyl (C=O) groups is 1. The highest BCUT2D eigenvalue weighted by atomic mass is 19.3. The summed E-state index contributed by atoms with van der Waals surface area (Å²) >= 11 is 0. The van der Waals surface area contributed by atoms with E-state index in [0.29, 0.717) is 18.7 Å². The van der Waals surface area contributed by atoms with Crippen LogP contribution in [0.5, 0.6) is 11.5 Å². The van der Waals surface area contributed by atoms with Gasteiger partial charge in [0.05, 0.1) is 0 Å². The second-order valence-electron chi connectivity index (χ2n) is 5.41. The zero-order valence-electron chi connectivity index (χ0n) is 14.0. The molecule has 2 rings (SSSR count). The molecule has 1 amide bonds. The monoisotopic (exact) mass is 349 g/mol. The molecule has 0 unspecified atom stereocenters. The largest absolute Gasteiger partial charge is 0.484 e. The Morgan fingerprint density at radius 2 is 1.60 bits per heavy atom. The number of ether oxygens (including phenoxy) is 2. The highest BCUT2D eigenvalue weighted by Crippen LogP contribution is 2.15. The summed E-state index contributed by atoms with van der Waals surface area (Å²) in [5, 5.41) is 2.76. The van der Waals surface area contributed by atoms with E-state index in [2.05, 4.69) is 17.0 Å². The van der Waals surface area contributed by atoms with Gasteiger partial charge in [-0.2, -0.15) is 8.78 Å². The number of aryl methyl sites for hydroxylation is 1. The molecule has 0 aromatic heterocycles. The van der Waals surface area contributed by atoms with E-state index in [1.165, 1.54) is 17.7 Å². The first-order chi connectivity index (χ1) is 12.1. The van der Waals surface area contributed by atoms with Crippen molar-refractivity contribution in [2.24, 2.45) is 0 Å². The van der Waals surface area contributed by atoms with Gasteiger partial charge in [0.15, 0.2) is 6.61 Å². The number of carbonyl (C=O) groups excluding carboxylic acids is 1. The average Bonchev–Trinajstić information content (AvgIpc) is 2.61. The number of benzene rings is 2. The molecule has 0 aliphatic heterocycles. The summed E-state index contributed by atoms with van der Waals surface area (Å²) in [4.78, 5) is 11.8. The van der Waals surface area contributed by atoms with Crippen LogP contribution in [0.3, 0.4) is 0 Å². The maximum Gasteiger partial charge on any atom is 0.387 e. The minimum Gasteiger partial charge on any atom is -0.484 e. The standard InChI is InChI=1S/C19H21F2NO3/c1-2-14-3-7-16(8-4-14)24-13-18(23)22-12-11-15-5-9-17(10-6-15)25-19(20)21/h3-10,19H,2,11-13H2,1H3,(H,22,23). The number of rotatable bonds is 9. The fourth-order valence-corrected chi connectivity index (χ4v) is 2.21. The number of hydrogen-bond acceptors (Lipinski definition) is 3. The van der Waals surface area contributed by atoms with Crippen LogP contribution in [0.4, 0.5) is 8.78 Å². The van der Waals surface area contributed by atoms with Gasteiger partial charge < -0.3 is 14.8 Å². The lowest BCUT2D eigenvalue weighted by Crippen LogP contribution is -2.30. The number of nitrogens with one attached hydrogen (secondary N) is 1. The lowest BCUT2D eigenvalue weighted by atomic mass is 10.1. The molecule has 0 saturated carbocycles. The Balaban J connectivity index is 1.67. The molecule has 2 aromatic carbocycles. The van der Waals surface area contributed by atoms with E-state index in [1.807, 2.05) is 24.3 Å². The van der Waals surface area contributed by atoms with Gasteiger partial charge in [0, 0.05) is 6.54 Å². The van der Waals surface area contributed by atoms with Crippen LogP contribution in [0, 0.1) is 0 Å². The first-order valence-corrected chi connectivity index (χ1v) is 8.09. The van der Waals surface area contributed by atoms with Gasteiger partial charge in [0.1, 0.15) is 11.5 Å². The predicted octanol–water partition coefficient (Wildman–Crippen LogP) is 3.59. The van der Waals surface area contributed by atoms with E-state index < -0.39 is 6.61 Å². The smallest absolute Gasteiger partial charge is 0.387 e. The van der Waals surface area contributed by atoms with E-state index in [4.69, 9.17) is 4.74 Å². The molecular weight excluding hydrogens is 328 g/mol. The Hall–Kier alpha value is -2.63. The van der Waals surface area contributed by atoms with Gasteiger partial charge in [0.25, 0.3) is 5.91 Å². The summed E-state index contributed by atoms with van der Waals surface area (Å²) in [5.74, 6) is 0.560. The van der Waals surface area contributed by atoms with Crippen molar-refractivity contribution in [3.63, 3.8) is 0 Å². The fourth-order valence-electron chi connectivity index (χ4n) is 2.21. The SMILES string of the molecule is CCc1ccc(OCC(=O)NCCc2ccc(OC(F)F)cc2)cc1. The Bertz CT molecular complexity index is 657. The predicted molar refractivity (Wildman–Crippen MR) is 91.1 cm³/mol. The van der Waals surface area contributed by atoms with Gasteiger partial charge in [-0.3, -0.25) is 4.79 Å². The second-order valence-corrected chi connectivity index (χ2v) is 5.41. The first kappa shape index (κ1) is 18.7. The zero-order chi connectivity index (χ0) is 18.1. The summed E-state index contributed by atoms with van der Waals surface area (Å²) in [6.07, 6.45) is 1.54. The van der Waals surface area contributed by atoms with Crippen LogP contribution in [-0.4, -0.2) is 25.7 Å². The number of alkyl halides is 2. The Morgan fingerprint density at radius 1 is 1.00 bits per heavy atom. The van der Waals surface area contributed by atoms with Gasteiger partial charge in [-0.15, -0.1) is 0 Å². The summed E-state index contributed by atoms with van der Waals surface area (Å²) in [7, 11) is 0. The van der Waals surface area contributed by atoms with E-state index >= 15 is 0 Å². The van der Waals surface area contributed by atoms with Crippen molar-refractivity contribution in [2.45, 2.75) is 26.4 Å². The molecule has 0 aliphatic carbocycles. The third-order valence-corrected chi connectivity index (χ3v) is 3.59. The molecule has 25 heavy (non-hydrogen) atoms. The molecule has 0 fully saturated rings. The zero-order valence-corrected chi connectivity index (χ0v) is 14.0. The van der Waals surface area contributed by atoms with Gasteiger partial charge in [-0.25, -0.2) is 0 Å². The maximum absolute atomic E-state index is 12.1. The molecule has 0 spiro atoms. The topological polar surface area (TPSA) is 47.6 Å². The van der Waals surface area contributed by atoms with Crippen molar-refractivity contribution >= 4 is 5.91 Å². The van der Waals surface area contributed by atoms with Gasteiger partial charge in [0.2, 0.25) is 0 Å². The van der Waals surface area contributed by atoms with Gasteiger partial charge >= 0.3 is 6.61 Å². The van der Waals surface area contributed by atoms with E-state index in [0.717, 1.165) is 12.0 Å².